The van der Waals surface area contributed by atoms with E-state index in [0.29, 0.717) is 17.5 Å². The standard InChI is InChI=1S/C11H14N2O3/c1-16-9-5-8(6-10(14)15)12-11(13-9)7-3-2-4-7/h5,7H,2-4,6H2,1H3,(H,14,15). The molecule has 0 aliphatic heterocycles. The lowest BCUT2D eigenvalue weighted by atomic mass is 9.85. The lowest BCUT2D eigenvalue weighted by molar-refractivity contribution is -0.136. The summed E-state index contributed by atoms with van der Waals surface area (Å²) < 4.78 is 5.05. The monoisotopic (exact) mass is 222 g/mol. The normalized spacial score (nSPS) is 15.6. The summed E-state index contributed by atoms with van der Waals surface area (Å²) >= 11 is 0. The highest BCUT2D eigenvalue weighted by atomic mass is 16.5. The van der Waals surface area contributed by atoms with Crippen molar-refractivity contribution in [2.45, 2.75) is 31.6 Å². The third kappa shape index (κ3) is 2.29. The van der Waals surface area contributed by atoms with E-state index in [0.717, 1.165) is 18.7 Å². The van der Waals surface area contributed by atoms with Gasteiger partial charge < -0.3 is 9.84 Å². The maximum Gasteiger partial charge on any atom is 0.309 e. The fourth-order valence-corrected chi connectivity index (χ4v) is 1.69. The van der Waals surface area contributed by atoms with Gasteiger partial charge in [-0.15, -0.1) is 0 Å². The van der Waals surface area contributed by atoms with Crippen LogP contribution in [0.25, 0.3) is 0 Å². The van der Waals surface area contributed by atoms with Crippen molar-refractivity contribution in [2.75, 3.05) is 7.11 Å². The van der Waals surface area contributed by atoms with E-state index in [2.05, 4.69) is 9.97 Å². The van der Waals surface area contributed by atoms with Crippen LogP contribution in [-0.4, -0.2) is 28.2 Å². The molecule has 0 aromatic carbocycles. The smallest absolute Gasteiger partial charge is 0.309 e. The lowest BCUT2D eigenvalue weighted by Gasteiger charge is -2.24. The van der Waals surface area contributed by atoms with Crippen molar-refractivity contribution in [3.63, 3.8) is 0 Å². The first kappa shape index (κ1) is 10.9. The van der Waals surface area contributed by atoms with Gasteiger partial charge in [0.05, 0.1) is 19.2 Å². The number of carboxylic acid groups (broad SMARTS) is 1. The summed E-state index contributed by atoms with van der Waals surface area (Å²) in [6.07, 6.45) is 3.28. The van der Waals surface area contributed by atoms with Crippen LogP contribution in [0.5, 0.6) is 5.88 Å². The molecule has 1 aliphatic carbocycles. The number of carbonyl (C=O) groups is 1. The number of hydrogen-bond acceptors (Lipinski definition) is 4. The zero-order valence-corrected chi connectivity index (χ0v) is 9.14. The van der Waals surface area contributed by atoms with E-state index in [1.54, 1.807) is 6.07 Å². The molecule has 0 unspecified atom stereocenters. The highest BCUT2D eigenvalue weighted by Gasteiger charge is 2.23. The van der Waals surface area contributed by atoms with Gasteiger partial charge in [0.1, 0.15) is 5.82 Å². The summed E-state index contributed by atoms with van der Waals surface area (Å²) in [4.78, 5) is 19.2. The minimum Gasteiger partial charge on any atom is -0.481 e. The predicted octanol–water partition coefficient (Wildman–Crippen LogP) is 1.38. The predicted molar refractivity (Wildman–Crippen MR) is 56.5 cm³/mol. The maximum absolute atomic E-state index is 10.6. The Kier molecular flexibility index (Phi) is 3.03. The molecular formula is C11H14N2O3. The van der Waals surface area contributed by atoms with E-state index in [1.807, 2.05) is 0 Å². The molecule has 0 saturated heterocycles. The molecule has 16 heavy (non-hydrogen) atoms. The second-order valence-corrected chi connectivity index (χ2v) is 3.96. The Morgan fingerprint density at radius 2 is 2.31 bits per heavy atom. The minimum absolute atomic E-state index is 0.0847. The van der Waals surface area contributed by atoms with Crippen molar-refractivity contribution in [3.8, 4) is 5.88 Å². The number of aliphatic carboxylic acids is 1. The van der Waals surface area contributed by atoms with Gasteiger partial charge in [-0.05, 0) is 12.8 Å². The molecule has 5 nitrogen and oxygen atoms in total. The molecule has 1 fully saturated rings. The van der Waals surface area contributed by atoms with E-state index >= 15 is 0 Å². The van der Waals surface area contributed by atoms with E-state index in [4.69, 9.17) is 9.84 Å². The molecule has 0 bridgehead atoms. The van der Waals surface area contributed by atoms with E-state index < -0.39 is 5.97 Å². The molecule has 1 aromatic heterocycles. The van der Waals surface area contributed by atoms with Gasteiger partial charge in [-0.25, -0.2) is 4.98 Å². The molecule has 1 N–H and O–H groups in total. The Balaban J connectivity index is 2.26. The van der Waals surface area contributed by atoms with Crippen LogP contribution in [0.2, 0.25) is 0 Å². The first-order chi connectivity index (χ1) is 7.69. The Bertz CT molecular complexity index is 402. The van der Waals surface area contributed by atoms with Crippen LogP contribution in [0, 0.1) is 0 Å². The number of carboxylic acids is 1. The molecule has 2 rings (SSSR count). The topological polar surface area (TPSA) is 72.3 Å². The van der Waals surface area contributed by atoms with E-state index in [9.17, 15) is 4.79 Å². The number of rotatable bonds is 4. The number of methoxy groups -OCH3 is 1. The summed E-state index contributed by atoms with van der Waals surface area (Å²) in [7, 11) is 1.53. The molecule has 0 atom stereocenters. The van der Waals surface area contributed by atoms with Crippen molar-refractivity contribution in [2.24, 2.45) is 0 Å². The average Bonchev–Trinajstić information content (AvgIpc) is 2.13. The second-order valence-electron chi connectivity index (χ2n) is 3.96. The van der Waals surface area contributed by atoms with Crippen LogP contribution in [0.4, 0.5) is 0 Å². The van der Waals surface area contributed by atoms with Crippen molar-refractivity contribution in [1.82, 2.24) is 9.97 Å². The second kappa shape index (κ2) is 4.47. The molecular weight excluding hydrogens is 208 g/mol. The molecule has 1 saturated carbocycles. The molecule has 0 radical (unpaired) electrons. The molecule has 5 heteroatoms. The Morgan fingerprint density at radius 3 is 2.81 bits per heavy atom. The first-order valence-corrected chi connectivity index (χ1v) is 5.32. The fourth-order valence-electron chi connectivity index (χ4n) is 1.69. The van der Waals surface area contributed by atoms with Crippen molar-refractivity contribution >= 4 is 5.97 Å². The van der Waals surface area contributed by atoms with Gasteiger partial charge >= 0.3 is 5.97 Å². The molecule has 1 aromatic rings. The van der Waals surface area contributed by atoms with Gasteiger partial charge in [0.25, 0.3) is 0 Å². The van der Waals surface area contributed by atoms with Crippen LogP contribution >= 0.6 is 0 Å². The minimum atomic E-state index is -0.889. The molecule has 0 amide bonds. The summed E-state index contributed by atoms with van der Waals surface area (Å²) in [5.41, 5.74) is 0.515. The maximum atomic E-state index is 10.6. The van der Waals surface area contributed by atoms with Gasteiger partial charge in [0.15, 0.2) is 0 Å². The van der Waals surface area contributed by atoms with Crippen LogP contribution in [0.3, 0.4) is 0 Å². The Labute approximate surface area is 93.5 Å². The zero-order valence-electron chi connectivity index (χ0n) is 9.14. The van der Waals surface area contributed by atoms with Crippen LogP contribution in [0.15, 0.2) is 6.07 Å². The van der Waals surface area contributed by atoms with Crippen molar-refractivity contribution in [1.29, 1.82) is 0 Å². The largest absolute Gasteiger partial charge is 0.481 e. The Morgan fingerprint density at radius 1 is 1.56 bits per heavy atom. The van der Waals surface area contributed by atoms with Gasteiger partial charge in [-0.1, -0.05) is 6.42 Å². The van der Waals surface area contributed by atoms with Gasteiger partial charge in [-0.3, -0.25) is 4.79 Å². The summed E-state index contributed by atoms with van der Waals surface area (Å²) in [6.45, 7) is 0. The number of hydrogen-bond donors (Lipinski definition) is 1. The third-order valence-corrected chi connectivity index (χ3v) is 2.78. The van der Waals surface area contributed by atoms with E-state index in [-0.39, 0.29) is 6.42 Å². The molecule has 86 valence electrons. The Hall–Kier alpha value is -1.65. The number of aromatic nitrogens is 2. The van der Waals surface area contributed by atoms with Crippen LogP contribution in [0.1, 0.15) is 36.7 Å². The fraction of sp³-hybridized carbons (Fsp3) is 0.545. The number of nitrogens with zero attached hydrogens (tertiary/aromatic N) is 2. The average molecular weight is 222 g/mol. The third-order valence-electron chi connectivity index (χ3n) is 2.78. The highest BCUT2D eigenvalue weighted by molar-refractivity contribution is 5.69. The molecule has 0 spiro atoms. The first-order valence-electron chi connectivity index (χ1n) is 5.32. The SMILES string of the molecule is COc1cc(CC(=O)O)nc(C2CCC2)n1. The van der Waals surface area contributed by atoms with Gasteiger partial charge in [0.2, 0.25) is 5.88 Å². The van der Waals surface area contributed by atoms with E-state index in [1.165, 1.54) is 13.5 Å². The summed E-state index contributed by atoms with van der Waals surface area (Å²) in [5, 5.41) is 8.73. The van der Waals surface area contributed by atoms with Crippen LogP contribution < -0.4 is 4.74 Å². The van der Waals surface area contributed by atoms with Crippen molar-refractivity contribution < 1.29 is 14.6 Å². The number of ether oxygens (including phenoxy) is 1. The van der Waals surface area contributed by atoms with Crippen LogP contribution in [-0.2, 0) is 11.2 Å². The zero-order chi connectivity index (χ0) is 11.5. The summed E-state index contributed by atoms with van der Waals surface area (Å²) in [5.74, 6) is 0.665. The lowest BCUT2D eigenvalue weighted by Crippen LogP contribution is -2.15. The van der Waals surface area contributed by atoms with Crippen molar-refractivity contribution in [3.05, 3.63) is 17.6 Å². The van der Waals surface area contributed by atoms with Gasteiger partial charge in [-0.2, -0.15) is 4.98 Å². The molecule has 1 heterocycles. The highest BCUT2D eigenvalue weighted by Crippen LogP contribution is 2.35. The summed E-state index contributed by atoms with van der Waals surface area (Å²) in [6, 6.07) is 1.58. The molecule has 1 aliphatic rings. The quantitative estimate of drug-likeness (QED) is 0.833. The van der Waals surface area contributed by atoms with Gasteiger partial charge in [0, 0.05) is 12.0 Å².